The van der Waals surface area contributed by atoms with Gasteiger partial charge in [0.15, 0.2) is 0 Å². The number of para-hydroxylation sites is 2. The van der Waals surface area contributed by atoms with E-state index in [9.17, 15) is 0 Å². The fraction of sp³-hybridized carbons (Fsp3) is 0. The maximum absolute atomic E-state index is 6.63. The van der Waals surface area contributed by atoms with Crippen molar-refractivity contribution in [3.63, 3.8) is 0 Å². The SMILES string of the molecule is c1ccc(-c2ccc(-c3ccc(N(c4ccc(-c5cccc6c5oc5ccc7ccccc7c56)cc4)c4ccc(-c5cccc6c5oc5ccc7ccccc7c56)cc4)cc3)cc2)cc1. The van der Waals surface area contributed by atoms with E-state index >= 15 is 0 Å². The third kappa shape index (κ3) is 6.20. The molecule has 3 heteroatoms. The van der Waals surface area contributed by atoms with Crippen molar-refractivity contribution in [1.82, 2.24) is 0 Å². The summed E-state index contributed by atoms with van der Waals surface area (Å²) in [5.41, 5.74) is 15.9. The number of benzene rings is 11. The molecule has 0 radical (unpaired) electrons. The van der Waals surface area contributed by atoms with Gasteiger partial charge in [0.25, 0.3) is 0 Å². The first-order valence-corrected chi connectivity index (χ1v) is 22.1. The number of rotatable bonds is 7. The van der Waals surface area contributed by atoms with Gasteiger partial charge in [0, 0.05) is 49.7 Å². The van der Waals surface area contributed by atoms with E-state index in [4.69, 9.17) is 8.83 Å². The van der Waals surface area contributed by atoms with E-state index in [0.29, 0.717) is 0 Å². The van der Waals surface area contributed by atoms with E-state index in [1.807, 2.05) is 0 Å². The number of nitrogens with zero attached hydrogens (tertiary/aromatic N) is 1. The van der Waals surface area contributed by atoms with Crippen LogP contribution in [0.25, 0.3) is 110 Å². The lowest BCUT2D eigenvalue weighted by atomic mass is 9.99. The van der Waals surface area contributed by atoms with Crippen molar-refractivity contribution in [3.05, 3.63) is 237 Å². The Morgan fingerprint density at radius 3 is 1.05 bits per heavy atom. The van der Waals surface area contributed by atoms with Gasteiger partial charge >= 0.3 is 0 Å². The van der Waals surface area contributed by atoms with E-state index < -0.39 is 0 Å². The Balaban J connectivity index is 0.890. The molecule has 0 bridgehead atoms. The van der Waals surface area contributed by atoms with Gasteiger partial charge < -0.3 is 13.7 Å². The van der Waals surface area contributed by atoms with Gasteiger partial charge in [-0.3, -0.25) is 0 Å². The van der Waals surface area contributed by atoms with Crippen molar-refractivity contribution in [2.24, 2.45) is 0 Å². The number of hydrogen-bond donors (Lipinski definition) is 0. The fourth-order valence-electron chi connectivity index (χ4n) is 9.91. The standard InChI is InChI=1S/C62H39NO2/c1-2-10-40(11-3-1)41-20-22-42(23-21-41)43-24-32-48(33-25-43)63(49-34-26-46(27-35-49)53-16-8-18-55-59-51-14-6-4-12-44(51)30-38-57(59)64-61(53)55)50-36-28-47(29-37-50)54-17-9-19-56-60-52-15-7-5-13-45(52)31-39-58(60)65-62(54)56/h1-39H. The van der Waals surface area contributed by atoms with Crippen LogP contribution in [0, 0.1) is 0 Å². The molecule has 3 nitrogen and oxygen atoms in total. The lowest BCUT2D eigenvalue weighted by Gasteiger charge is -2.26. The third-order valence-electron chi connectivity index (χ3n) is 13.1. The first-order valence-electron chi connectivity index (χ1n) is 22.1. The normalized spacial score (nSPS) is 11.7. The summed E-state index contributed by atoms with van der Waals surface area (Å²) in [6.07, 6.45) is 0. The van der Waals surface area contributed by atoms with Gasteiger partial charge in [-0.2, -0.15) is 0 Å². The molecule has 0 N–H and O–H groups in total. The zero-order valence-corrected chi connectivity index (χ0v) is 35.3. The smallest absolute Gasteiger partial charge is 0.143 e. The Morgan fingerprint density at radius 2 is 0.600 bits per heavy atom. The highest BCUT2D eigenvalue weighted by Crippen LogP contribution is 2.43. The summed E-state index contributed by atoms with van der Waals surface area (Å²) in [5.74, 6) is 0. The van der Waals surface area contributed by atoms with Crippen LogP contribution in [0.2, 0.25) is 0 Å². The van der Waals surface area contributed by atoms with Crippen LogP contribution in [0.4, 0.5) is 17.1 Å². The predicted octanol–water partition coefficient (Wildman–Crippen LogP) is 17.9. The Kier molecular flexibility index (Phi) is 8.53. The van der Waals surface area contributed by atoms with Gasteiger partial charge in [0.05, 0.1) is 0 Å². The summed E-state index contributed by atoms with van der Waals surface area (Å²) in [4.78, 5) is 2.33. The van der Waals surface area contributed by atoms with E-state index in [0.717, 1.165) is 88.8 Å². The quantitative estimate of drug-likeness (QED) is 0.160. The number of fused-ring (bicyclic) bond motifs is 10. The molecule has 0 unspecified atom stereocenters. The number of hydrogen-bond acceptors (Lipinski definition) is 3. The molecule has 0 aliphatic heterocycles. The van der Waals surface area contributed by atoms with E-state index in [-0.39, 0.29) is 0 Å². The topological polar surface area (TPSA) is 29.5 Å². The first kappa shape index (κ1) is 36.9. The molecule has 2 aromatic heterocycles. The van der Waals surface area contributed by atoms with Crippen LogP contribution in [-0.2, 0) is 0 Å². The Bertz CT molecular complexity index is 3700. The molecule has 0 spiro atoms. The van der Waals surface area contributed by atoms with E-state index in [1.165, 1.54) is 38.2 Å². The van der Waals surface area contributed by atoms with Crippen LogP contribution < -0.4 is 4.90 Å². The maximum Gasteiger partial charge on any atom is 0.143 e. The Hall–Kier alpha value is -8.66. The molecule has 65 heavy (non-hydrogen) atoms. The van der Waals surface area contributed by atoms with Gasteiger partial charge in [-0.25, -0.2) is 0 Å². The molecule has 0 aliphatic carbocycles. The highest BCUT2D eigenvalue weighted by Gasteiger charge is 2.19. The zero-order chi connectivity index (χ0) is 42.8. The minimum atomic E-state index is 0.901. The molecule has 0 fully saturated rings. The second-order valence-corrected chi connectivity index (χ2v) is 16.8. The van der Waals surface area contributed by atoms with Crippen molar-refractivity contribution < 1.29 is 8.83 Å². The predicted molar refractivity (Wildman–Crippen MR) is 272 cm³/mol. The molecule has 0 saturated carbocycles. The molecule has 0 amide bonds. The van der Waals surface area contributed by atoms with Crippen LogP contribution in [0.3, 0.4) is 0 Å². The summed E-state index contributed by atoms with van der Waals surface area (Å²) in [5, 5.41) is 9.40. The molecule has 304 valence electrons. The second-order valence-electron chi connectivity index (χ2n) is 16.8. The molecule has 0 atom stereocenters. The molecular weight excluding hydrogens is 791 g/mol. The Morgan fingerprint density at radius 1 is 0.246 bits per heavy atom. The molecule has 13 aromatic rings. The highest BCUT2D eigenvalue weighted by molar-refractivity contribution is 6.22. The van der Waals surface area contributed by atoms with Crippen LogP contribution in [-0.4, -0.2) is 0 Å². The number of anilines is 3. The summed E-state index contributed by atoms with van der Waals surface area (Å²) in [6, 6.07) is 84.5. The molecule has 11 aromatic carbocycles. The minimum absolute atomic E-state index is 0.901. The molecular formula is C62H39NO2. The lowest BCUT2D eigenvalue weighted by Crippen LogP contribution is -2.09. The first-order chi connectivity index (χ1) is 32.2. The van der Waals surface area contributed by atoms with E-state index in [2.05, 4.69) is 241 Å². The summed E-state index contributed by atoms with van der Waals surface area (Å²) >= 11 is 0. The summed E-state index contributed by atoms with van der Waals surface area (Å²) < 4.78 is 13.3. The van der Waals surface area contributed by atoms with Gasteiger partial charge in [-0.1, -0.05) is 188 Å². The van der Waals surface area contributed by atoms with Crippen LogP contribution in [0.5, 0.6) is 0 Å². The van der Waals surface area contributed by atoms with Crippen LogP contribution in [0.15, 0.2) is 245 Å². The third-order valence-corrected chi connectivity index (χ3v) is 13.1. The van der Waals surface area contributed by atoms with Crippen molar-refractivity contribution in [2.45, 2.75) is 0 Å². The van der Waals surface area contributed by atoms with Crippen molar-refractivity contribution >= 4 is 82.5 Å². The molecule has 0 aliphatic rings. The minimum Gasteiger partial charge on any atom is -0.455 e. The monoisotopic (exact) mass is 829 g/mol. The lowest BCUT2D eigenvalue weighted by molar-refractivity contribution is 0.670. The largest absolute Gasteiger partial charge is 0.455 e. The van der Waals surface area contributed by atoms with Gasteiger partial charge in [0.1, 0.15) is 22.3 Å². The van der Waals surface area contributed by atoms with Gasteiger partial charge in [0.2, 0.25) is 0 Å². The molecule has 13 rings (SSSR count). The fourth-order valence-corrected chi connectivity index (χ4v) is 9.91. The van der Waals surface area contributed by atoms with Crippen LogP contribution >= 0.6 is 0 Å². The average molecular weight is 830 g/mol. The van der Waals surface area contributed by atoms with Crippen LogP contribution in [0.1, 0.15) is 0 Å². The van der Waals surface area contributed by atoms with E-state index in [1.54, 1.807) is 0 Å². The Labute approximate surface area is 375 Å². The average Bonchev–Trinajstić information content (AvgIpc) is 3.97. The highest BCUT2D eigenvalue weighted by atomic mass is 16.3. The van der Waals surface area contributed by atoms with Crippen molar-refractivity contribution in [2.75, 3.05) is 4.90 Å². The van der Waals surface area contributed by atoms with Crippen molar-refractivity contribution in [1.29, 1.82) is 0 Å². The molecule has 2 heterocycles. The zero-order valence-electron chi connectivity index (χ0n) is 35.3. The van der Waals surface area contributed by atoms with Gasteiger partial charge in [-0.15, -0.1) is 0 Å². The maximum atomic E-state index is 6.63. The van der Waals surface area contributed by atoms with Crippen molar-refractivity contribution in [3.8, 4) is 44.5 Å². The second kappa shape index (κ2) is 15.0. The summed E-state index contributed by atoms with van der Waals surface area (Å²) in [7, 11) is 0. The summed E-state index contributed by atoms with van der Waals surface area (Å²) in [6.45, 7) is 0. The van der Waals surface area contributed by atoms with Gasteiger partial charge in [-0.05, 0) is 103 Å². The number of furan rings is 2. The molecule has 0 saturated heterocycles.